The first-order valence-corrected chi connectivity index (χ1v) is 7.35. The van der Waals surface area contributed by atoms with E-state index in [2.05, 4.69) is 0 Å². The maximum Gasteiger partial charge on any atom is 0.128 e. The zero-order valence-corrected chi connectivity index (χ0v) is 11.9. The van der Waals surface area contributed by atoms with Gasteiger partial charge in [0.05, 0.1) is 21.4 Å². The molecule has 2 nitrogen and oxygen atoms in total. The van der Waals surface area contributed by atoms with E-state index in [9.17, 15) is 8.60 Å². The Morgan fingerprint density at radius 2 is 2.00 bits per heavy atom. The Morgan fingerprint density at radius 3 is 2.63 bits per heavy atom. The lowest BCUT2D eigenvalue weighted by molar-refractivity contribution is 0.615. The second-order valence-electron chi connectivity index (χ2n) is 4.27. The van der Waals surface area contributed by atoms with Crippen LogP contribution in [0.3, 0.4) is 0 Å². The van der Waals surface area contributed by atoms with Crippen LogP contribution in [0.1, 0.15) is 11.1 Å². The van der Waals surface area contributed by atoms with Crippen molar-refractivity contribution in [1.29, 1.82) is 0 Å². The fourth-order valence-electron chi connectivity index (χ4n) is 1.73. The predicted molar refractivity (Wildman–Crippen MR) is 77.1 cm³/mol. The number of nitrogen functional groups attached to an aromatic ring is 1. The molecule has 2 aromatic rings. The molecule has 2 N–H and O–H groups in total. The molecule has 0 amide bonds. The van der Waals surface area contributed by atoms with Crippen LogP contribution in [0.25, 0.3) is 0 Å². The van der Waals surface area contributed by atoms with Crippen LogP contribution in [-0.2, 0) is 16.6 Å². The standard InChI is InChI=1S/C14H13ClFNOS/c1-9-2-5-14(13(17)6-9)19(18)8-10-3-4-11(15)7-12(10)16/h2-7H,8,17H2,1H3. The van der Waals surface area contributed by atoms with E-state index in [0.29, 0.717) is 21.2 Å². The minimum absolute atomic E-state index is 0.0796. The van der Waals surface area contributed by atoms with Crippen LogP contribution in [0, 0.1) is 12.7 Å². The Morgan fingerprint density at radius 1 is 1.26 bits per heavy atom. The summed E-state index contributed by atoms with van der Waals surface area (Å²) in [7, 11) is -1.38. The van der Waals surface area contributed by atoms with Gasteiger partial charge in [-0.15, -0.1) is 0 Å². The first-order chi connectivity index (χ1) is 8.97. The quantitative estimate of drug-likeness (QED) is 0.878. The number of hydrogen-bond acceptors (Lipinski definition) is 2. The highest BCUT2D eigenvalue weighted by molar-refractivity contribution is 7.84. The zero-order chi connectivity index (χ0) is 14.0. The number of halogens is 2. The Balaban J connectivity index is 2.25. The summed E-state index contributed by atoms with van der Waals surface area (Å²) in [6, 6.07) is 9.64. The lowest BCUT2D eigenvalue weighted by atomic mass is 10.2. The highest BCUT2D eigenvalue weighted by atomic mass is 35.5. The molecule has 2 rings (SSSR count). The molecule has 2 aromatic carbocycles. The molecule has 5 heteroatoms. The van der Waals surface area contributed by atoms with E-state index in [0.717, 1.165) is 5.56 Å². The van der Waals surface area contributed by atoms with Gasteiger partial charge in [0.1, 0.15) is 5.82 Å². The summed E-state index contributed by atoms with van der Waals surface area (Å²) in [5.41, 5.74) is 7.66. The molecule has 100 valence electrons. The second-order valence-corrected chi connectivity index (χ2v) is 6.12. The van der Waals surface area contributed by atoms with Gasteiger partial charge in [0.15, 0.2) is 0 Å². The van der Waals surface area contributed by atoms with Gasteiger partial charge >= 0.3 is 0 Å². The molecule has 19 heavy (non-hydrogen) atoms. The van der Waals surface area contributed by atoms with E-state index in [1.807, 2.05) is 13.0 Å². The Labute approximate surface area is 118 Å². The third kappa shape index (κ3) is 3.33. The summed E-state index contributed by atoms with van der Waals surface area (Å²) in [6.45, 7) is 1.90. The number of benzene rings is 2. The highest BCUT2D eigenvalue weighted by Gasteiger charge is 2.12. The van der Waals surface area contributed by atoms with Gasteiger partial charge in [-0.05, 0) is 36.8 Å². The lowest BCUT2D eigenvalue weighted by Crippen LogP contribution is -2.02. The van der Waals surface area contributed by atoms with Crippen LogP contribution in [0.15, 0.2) is 41.3 Å². The third-order valence-electron chi connectivity index (χ3n) is 2.71. The van der Waals surface area contributed by atoms with Gasteiger partial charge in [0.25, 0.3) is 0 Å². The van der Waals surface area contributed by atoms with E-state index in [1.54, 1.807) is 24.3 Å². The maximum absolute atomic E-state index is 13.6. The van der Waals surface area contributed by atoms with E-state index >= 15 is 0 Å². The van der Waals surface area contributed by atoms with Crippen LogP contribution >= 0.6 is 11.6 Å². The normalized spacial score (nSPS) is 12.4. The number of nitrogens with two attached hydrogens (primary N) is 1. The summed E-state index contributed by atoms with van der Waals surface area (Å²) < 4.78 is 25.9. The minimum atomic E-state index is -1.38. The van der Waals surface area contributed by atoms with Crippen molar-refractivity contribution in [2.75, 3.05) is 5.73 Å². The average molecular weight is 298 g/mol. The van der Waals surface area contributed by atoms with Crippen molar-refractivity contribution >= 4 is 28.1 Å². The molecule has 0 spiro atoms. The van der Waals surface area contributed by atoms with Crippen molar-refractivity contribution in [3.63, 3.8) is 0 Å². The first kappa shape index (κ1) is 14.0. The van der Waals surface area contributed by atoms with E-state index in [4.69, 9.17) is 17.3 Å². The first-order valence-electron chi connectivity index (χ1n) is 5.66. The van der Waals surface area contributed by atoms with Crippen LogP contribution in [-0.4, -0.2) is 4.21 Å². The van der Waals surface area contributed by atoms with Crippen LogP contribution in [0.4, 0.5) is 10.1 Å². The van der Waals surface area contributed by atoms with Crippen LogP contribution in [0.5, 0.6) is 0 Å². The van der Waals surface area contributed by atoms with Gasteiger partial charge in [-0.3, -0.25) is 4.21 Å². The van der Waals surface area contributed by atoms with Crippen molar-refractivity contribution in [1.82, 2.24) is 0 Å². The summed E-state index contributed by atoms with van der Waals surface area (Å²) in [5, 5.41) is 0.321. The van der Waals surface area contributed by atoms with E-state index in [1.165, 1.54) is 6.07 Å². The Hall–Kier alpha value is -1.39. The molecule has 0 fully saturated rings. The topological polar surface area (TPSA) is 43.1 Å². The molecule has 0 aliphatic carbocycles. The van der Waals surface area contributed by atoms with Crippen molar-refractivity contribution < 1.29 is 8.60 Å². The van der Waals surface area contributed by atoms with Gasteiger partial charge in [-0.25, -0.2) is 4.39 Å². The minimum Gasteiger partial charge on any atom is -0.398 e. The zero-order valence-electron chi connectivity index (χ0n) is 10.3. The van der Waals surface area contributed by atoms with Crippen LogP contribution < -0.4 is 5.73 Å². The molecule has 0 saturated carbocycles. The lowest BCUT2D eigenvalue weighted by Gasteiger charge is -2.08. The smallest absolute Gasteiger partial charge is 0.128 e. The van der Waals surface area contributed by atoms with Gasteiger partial charge in [-0.1, -0.05) is 23.7 Å². The molecule has 0 aliphatic heterocycles. The largest absolute Gasteiger partial charge is 0.398 e. The summed E-state index contributed by atoms with van der Waals surface area (Å²) in [5.74, 6) is -0.373. The van der Waals surface area contributed by atoms with Gasteiger partial charge in [0, 0.05) is 16.3 Å². The van der Waals surface area contributed by atoms with Crippen molar-refractivity contribution in [3.05, 3.63) is 58.4 Å². The van der Waals surface area contributed by atoms with Crippen LogP contribution in [0.2, 0.25) is 5.02 Å². The molecule has 1 atom stereocenters. The fourth-order valence-corrected chi connectivity index (χ4v) is 3.11. The fraction of sp³-hybridized carbons (Fsp3) is 0.143. The molecule has 0 saturated heterocycles. The number of anilines is 1. The SMILES string of the molecule is Cc1ccc(S(=O)Cc2ccc(Cl)cc2F)c(N)c1. The monoisotopic (exact) mass is 297 g/mol. The van der Waals surface area contributed by atoms with E-state index in [-0.39, 0.29) is 5.75 Å². The number of rotatable bonds is 3. The highest BCUT2D eigenvalue weighted by Crippen LogP contribution is 2.22. The van der Waals surface area contributed by atoms with Gasteiger partial charge in [-0.2, -0.15) is 0 Å². The molecule has 0 aromatic heterocycles. The van der Waals surface area contributed by atoms with Gasteiger partial charge < -0.3 is 5.73 Å². The molecule has 0 heterocycles. The second kappa shape index (κ2) is 5.72. The average Bonchev–Trinajstić information content (AvgIpc) is 2.32. The summed E-state index contributed by atoms with van der Waals surface area (Å²) in [6.07, 6.45) is 0. The molecular formula is C14H13ClFNOS. The third-order valence-corrected chi connectivity index (χ3v) is 4.38. The number of aryl methyl sites for hydroxylation is 1. The number of hydrogen-bond donors (Lipinski definition) is 1. The van der Waals surface area contributed by atoms with Crippen molar-refractivity contribution in [2.45, 2.75) is 17.6 Å². The van der Waals surface area contributed by atoms with Crippen molar-refractivity contribution in [3.8, 4) is 0 Å². The van der Waals surface area contributed by atoms with E-state index < -0.39 is 16.6 Å². The molecule has 0 aliphatic rings. The molecule has 0 bridgehead atoms. The predicted octanol–water partition coefficient (Wildman–Crippen LogP) is 3.68. The van der Waals surface area contributed by atoms with Crippen molar-refractivity contribution in [2.24, 2.45) is 0 Å². The Kier molecular flexibility index (Phi) is 4.22. The Bertz CT molecular complexity index is 645. The van der Waals surface area contributed by atoms with Gasteiger partial charge in [0.2, 0.25) is 0 Å². The molecular weight excluding hydrogens is 285 g/mol. The summed E-state index contributed by atoms with van der Waals surface area (Å²) >= 11 is 5.68. The summed E-state index contributed by atoms with van der Waals surface area (Å²) in [4.78, 5) is 0.528. The maximum atomic E-state index is 13.6. The molecule has 1 unspecified atom stereocenters. The molecule has 0 radical (unpaired) electrons.